The van der Waals surface area contributed by atoms with E-state index in [-0.39, 0.29) is 11.3 Å². The summed E-state index contributed by atoms with van der Waals surface area (Å²) in [7, 11) is 0. The lowest BCUT2D eigenvalue weighted by molar-refractivity contribution is 0.0698. The molecule has 1 aliphatic heterocycles. The minimum atomic E-state index is -1.07. The number of hydrogen-bond donors (Lipinski definition) is 3. The molecule has 1 aliphatic rings. The molecule has 1 unspecified atom stereocenters. The lowest BCUT2D eigenvalue weighted by atomic mass is 10.1. The van der Waals surface area contributed by atoms with Crippen LogP contribution in [0.1, 0.15) is 16.8 Å². The summed E-state index contributed by atoms with van der Waals surface area (Å²) >= 11 is 2.03. The van der Waals surface area contributed by atoms with Gasteiger partial charge in [-0.2, -0.15) is 0 Å². The lowest BCUT2D eigenvalue weighted by Crippen LogP contribution is -2.33. The molecule has 0 bridgehead atoms. The van der Waals surface area contributed by atoms with E-state index in [1.165, 1.54) is 6.07 Å². The highest BCUT2D eigenvalue weighted by Crippen LogP contribution is 2.19. The number of carbonyl (C=O) groups excluding carboxylic acids is 1. The molecule has 108 valence electrons. The molecular weight excluding hydrogens is 375 g/mol. The van der Waals surface area contributed by atoms with Gasteiger partial charge < -0.3 is 20.5 Å². The van der Waals surface area contributed by atoms with E-state index < -0.39 is 12.0 Å². The molecule has 1 fully saturated rings. The van der Waals surface area contributed by atoms with Crippen LogP contribution in [0.5, 0.6) is 0 Å². The molecule has 0 aromatic heterocycles. The van der Waals surface area contributed by atoms with Gasteiger partial charge in [0.25, 0.3) is 0 Å². The molecule has 2 rings (SSSR count). The van der Waals surface area contributed by atoms with Crippen LogP contribution in [0.15, 0.2) is 18.2 Å². The van der Waals surface area contributed by atoms with Crippen molar-refractivity contribution in [3.63, 3.8) is 0 Å². The van der Waals surface area contributed by atoms with Gasteiger partial charge in [0.1, 0.15) is 0 Å². The van der Waals surface area contributed by atoms with Crippen molar-refractivity contribution in [1.82, 2.24) is 5.32 Å². The van der Waals surface area contributed by atoms with Crippen LogP contribution in [0.2, 0.25) is 0 Å². The van der Waals surface area contributed by atoms with Crippen molar-refractivity contribution in [2.24, 2.45) is 5.92 Å². The minimum absolute atomic E-state index is 0.0799. The lowest BCUT2D eigenvalue weighted by Gasteiger charge is -2.12. The van der Waals surface area contributed by atoms with Gasteiger partial charge in [-0.3, -0.25) is 0 Å². The predicted octanol–water partition coefficient (Wildman–Crippen LogP) is 2.15. The molecule has 1 atom stereocenters. The number of amides is 2. The van der Waals surface area contributed by atoms with Crippen molar-refractivity contribution < 1.29 is 19.4 Å². The van der Waals surface area contributed by atoms with Crippen LogP contribution in [0.4, 0.5) is 10.5 Å². The average molecular weight is 390 g/mol. The molecule has 20 heavy (non-hydrogen) atoms. The van der Waals surface area contributed by atoms with Gasteiger partial charge in [0.05, 0.1) is 17.9 Å². The van der Waals surface area contributed by atoms with E-state index in [4.69, 9.17) is 9.84 Å². The summed E-state index contributed by atoms with van der Waals surface area (Å²) in [4.78, 5) is 22.9. The smallest absolute Gasteiger partial charge is 0.337 e. The molecule has 0 spiro atoms. The Kier molecular flexibility index (Phi) is 5.18. The highest BCUT2D eigenvalue weighted by atomic mass is 127. The summed E-state index contributed by atoms with van der Waals surface area (Å²) in [6, 6.07) is 4.45. The maximum atomic E-state index is 11.8. The zero-order valence-electron chi connectivity index (χ0n) is 10.7. The van der Waals surface area contributed by atoms with E-state index in [0.29, 0.717) is 19.1 Å². The third-order valence-electron chi connectivity index (χ3n) is 3.04. The van der Waals surface area contributed by atoms with Gasteiger partial charge in [0.15, 0.2) is 0 Å². The van der Waals surface area contributed by atoms with Gasteiger partial charge in [0.2, 0.25) is 0 Å². The Morgan fingerprint density at radius 3 is 2.90 bits per heavy atom. The molecule has 1 saturated heterocycles. The largest absolute Gasteiger partial charge is 0.478 e. The number of ether oxygens (including phenoxy) is 1. The Labute approximate surface area is 130 Å². The standard InChI is InChI=1S/C13H15IN2O4/c14-9-1-2-11(10(5-9)12(17)18)16-13(19)15-6-8-3-4-20-7-8/h1-2,5,8H,3-4,6-7H2,(H,17,18)(H2,15,16,19). The number of aromatic carboxylic acids is 1. The average Bonchev–Trinajstić information content (AvgIpc) is 2.91. The Morgan fingerprint density at radius 1 is 1.45 bits per heavy atom. The number of halogens is 1. The predicted molar refractivity (Wildman–Crippen MR) is 82.1 cm³/mol. The van der Waals surface area contributed by atoms with Crippen LogP contribution in [0.25, 0.3) is 0 Å². The van der Waals surface area contributed by atoms with E-state index in [1.807, 2.05) is 22.6 Å². The van der Waals surface area contributed by atoms with Crippen molar-refractivity contribution in [1.29, 1.82) is 0 Å². The molecule has 7 heteroatoms. The molecule has 0 radical (unpaired) electrons. The first-order valence-electron chi connectivity index (χ1n) is 6.21. The van der Waals surface area contributed by atoms with Crippen LogP contribution in [0.3, 0.4) is 0 Å². The minimum Gasteiger partial charge on any atom is -0.478 e. The zero-order valence-corrected chi connectivity index (χ0v) is 12.8. The molecule has 3 N–H and O–H groups in total. The van der Waals surface area contributed by atoms with Crippen molar-refractivity contribution >= 4 is 40.3 Å². The fraction of sp³-hybridized carbons (Fsp3) is 0.385. The second-order valence-corrected chi connectivity index (χ2v) is 5.81. The quantitative estimate of drug-likeness (QED) is 0.688. The van der Waals surface area contributed by atoms with E-state index >= 15 is 0 Å². The van der Waals surface area contributed by atoms with Crippen molar-refractivity contribution in [3.8, 4) is 0 Å². The normalized spacial score (nSPS) is 17.8. The summed E-state index contributed by atoms with van der Waals surface area (Å²) in [5, 5.41) is 14.4. The number of benzene rings is 1. The molecule has 0 saturated carbocycles. The number of carboxylic acid groups (broad SMARTS) is 1. The molecule has 2 amide bonds. The van der Waals surface area contributed by atoms with Crippen molar-refractivity contribution in [3.05, 3.63) is 27.3 Å². The highest BCUT2D eigenvalue weighted by molar-refractivity contribution is 14.1. The highest BCUT2D eigenvalue weighted by Gasteiger charge is 2.17. The first kappa shape index (κ1) is 15.0. The Bertz CT molecular complexity index is 515. The van der Waals surface area contributed by atoms with Crippen molar-refractivity contribution in [2.75, 3.05) is 25.1 Å². The maximum absolute atomic E-state index is 11.8. The molecule has 6 nitrogen and oxygen atoms in total. The van der Waals surface area contributed by atoms with Gasteiger partial charge in [-0.05, 0) is 47.2 Å². The number of anilines is 1. The molecule has 0 aliphatic carbocycles. The Morgan fingerprint density at radius 2 is 2.25 bits per heavy atom. The van der Waals surface area contributed by atoms with Crippen LogP contribution in [-0.2, 0) is 4.74 Å². The molecule has 1 aromatic carbocycles. The summed E-state index contributed by atoms with van der Waals surface area (Å²) in [6.45, 7) is 1.91. The van der Waals surface area contributed by atoms with Gasteiger partial charge in [-0.25, -0.2) is 9.59 Å². The van der Waals surface area contributed by atoms with E-state index in [0.717, 1.165) is 16.6 Å². The fourth-order valence-corrected chi connectivity index (χ4v) is 2.44. The van der Waals surface area contributed by atoms with Gasteiger partial charge in [-0.15, -0.1) is 0 Å². The van der Waals surface area contributed by atoms with Gasteiger partial charge in [0, 0.05) is 22.6 Å². The van der Waals surface area contributed by atoms with Crippen LogP contribution in [0, 0.1) is 9.49 Å². The molecule has 1 heterocycles. The van der Waals surface area contributed by atoms with Crippen molar-refractivity contribution in [2.45, 2.75) is 6.42 Å². The number of carbonyl (C=O) groups is 2. The zero-order chi connectivity index (χ0) is 14.5. The topological polar surface area (TPSA) is 87.7 Å². The Balaban J connectivity index is 1.94. The fourth-order valence-electron chi connectivity index (χ4n) is 1.95. The molecular formula is C13H15IN2O4. The number of urea groups is 1. The second kappa shape index (κ2) is 6.89. The maximum Gasteiger partial charge on any atom is 0.337 e. The number of rotatable bonds is 4. The van der Waals surface area contributed by atoms with E-state index in [2.05, 4.69) is 10.6 Å². The van der Waals surface area contributed by atoms with Crippen LogP contribution >= 0.6 is 22.6 Å². The number of hydrogen-bond acceptors (Lipinski definition) is 3. The van der Waals surface area contributed by atoms with E-state index in [1.54, 1.807) is 12.1 Å². The third kappa shape index (κ3) is 4.07. The monoisotopic (exact) mass is 390 g/mol. The van der Waals surface area contributed by atoms with Crippen LogP contribution in [-0.4, -0.2) is 36.9 Å². The number of nitrogens with one attached hydrogen (secondary N) is 2. The first-order chi connectivity index (χ1) is 9.56. The summed E-state index contributed by atoms with van der Waals surface area (Å²) in [6.07, 6.45) is 0.935. The SMILES string of the molecule is O=C(NCC1CCOC1)Nc1ccc(I)cc1C(=O)O. The first-order valence-corrected chi connectivity index (χ1v) is 7.29. The van der Waals surface area contributed by atoms with Crippen LogP contribution < -0.4 is 10.6 Å². The summed E-state index contributed by atoms with van der Waals surface area (Å²) < 4.78 is 6.02. The van der Waals surface area contributed by atoms with Gasteiger partial charge >= 0.3 is 12.0 Å². The third-order valence-corrected chi connectivity index (χ3v) is 3.71. The number of carboxylic acids is 1. The summed E-state index contributed by atoms with van der Waals surface area (Å²) in [5.41, 5.74) is 0.370. The Hall–Kier alpha value is -1.35. The molecule has 1 aromatic rings. The second-order valence-electron chi connectivity index (χ2n) is 4.56. The van der Waals surface area contributed by atoms with E-state index in [9.17, 15) is 9.59 Å². The summed E-state index contributed by atoms with van der Waals surface area (Å²) in [5.74, 6) is -0.737. The van der Waals surface area contributed by atoms with Gasteiger partial charge in [-0.1, -0.05) is 0 Å².